The van der Waals surface area contributed by atoms with Gasteiger partial charge in [0.15, 0.2) is 0 Å². The first kappa shape index (κ1) is 17.9. The van der Waals surface area contributed by atoms with E-state index in [9.17, 15) is 9.59 Å². The summed E-state index contributed by atoms with van der Waals surface area (Å²) in [5.41, 5.74) is 1.47. The van der Waals surface area contributed by atoms with Crippen molar-refractivity contribution in [1.29, 1.82) is 0 Å². The van der Waals surface area contributed by atoms with E-state index in [1.165, 1.54) is 0 Å². The fourth-order valence-corrected chi connectivity index (χ4v) is 4.29. The van der Waals surface area contributed by atoms with Crippen molar-refractivity contribution in [3.05, 3.63) is 29.6 Å². The van der Waals surface area contributed by atoms with Crippen molar-refractivity contribution in [1.82, 2.24) is 15.2 Å². The number of ether oxygens (including phenoxy) is 1. The van der Waals surface area contributed by atoms with Gasteiger partial charge in [-0.2, -0.15) is 0 Å². The Morgan fingerprint density at radius 3 is 3.00 bits per heavy atom. The van der Waals surface area contributed by atoms with Gasteiger partial charge in [0, 0.05) is 44.3 Å². The van der Waals surface area contributed by atoms with Crippen molar-refractivity contribution in [3.8, 4) is 0 Å². The topological polar surface area (TPSA) is 71.5 Å². The number of rotatable bonds is 6. The summed E-state index contributed by atoms with van der Waals surface area (Å²) in [5.74, 6) is 0.0754. The van der Waals surface area contributed by atoms with Crippen molar-refractivity contribution < 1.29 is 14.3 Å². The standard InChI is InChI=1S/C19H27N3O3/c1-14-5-6-15(20-12-14)18(24)21-13-19-8-3-4-16(19)22(10-11-25-2)17(23)7-9-19/h5-6,12,16H,3-4,7-11,13H2,1-2H3,(H,21,24)/t16-,19+/m1/s1. The maximum Gasteiger partial charge on any atom is 0.269 e. The second-order valence-corrected chi connectivity index (χ2v) is 7.25. The van der Waals surface area contributed by atoms with Gasteiger partial charge in [-0.1, -0.05) is 12.5 Å². The van der Waals surface area contributed by atoms with Crippen LogP contribution in [0.3, 0.4) is 0 Å². The molecule has 6 nitrogen and oxygen atoms in total. The molecule has 1 aliphatic heterocycles. The van der Waals surface area contributed by atoms with Crippen LogP contribution >= 0.6 is 0 Å². The number of likely N-dealkylation sites (tertiary alicyclic amines) is 1. The number of hydrogen-bond donors (Lipinski definition) is 1. The number of aromatic nitrogens is 1. The first-order valence-electron chi connectivity index (χ1n) is 9.05. The predicted octanol–water partition coefficient (Wildman–Crippen LogP) is 1.93. The number of nitrogens with zero attached hydrogens (tertiary/aromatic N) is 2. The van der Waals surface area contributed by atoms with E-state index in [0.717, 1.165) is 31.2 Å². The van der Waals surface area contributed by atoms with E-state index < -0.39 is 0 Å². The highest BCUT2D eigenvalue weighted by atomic mass is 16.5. The summed E-state index contributed by atoms with van der Waals surface area (Å²) in [6.07, 6.45) is 6.27. The average molecular weight is 345 g/mol. The molecule has 25 heavy (non-hydrogen) atoms. The molecule has 1 aromatic rings. The molecule has 1 saturated carbocycles. The SMILES string of the molecule is COCCN1C(=O)CC[C@]2(CNC(=O)c3ccc(C)cn3)CCC[C@@H]12. The molecule has 2 atom stereocenters. The summed E-state index contributed by atoms with van der Waals surface area (Å²) in [5, 5.41) is 3.07. The number of nitrogens with one attached hydrogen (secondary N) is 1. The molecule has 2 amide bonds. The minimum absolute atomic E-state index is 0.0119. The minimum Gasteiger partial charge on any atom is -0.383 e. The normalized spacial score (nSPS) is 25.8. The zero-order valence-corrected chi connectivity index (χ0v) is 15.1. The fourth-order valence-electron chi connectivity index (χ4n) is 4.29. The summed E-state index contributed by atoms with van der Waals surface area (Å²) < 4.78 is 5.17. The van der Waals surface area contributed by atoms with E-state index in [4.69, 9.17) is 4.74 Å². The molecule has 136 valence electrons. The van der Waals surface area contributed by atoms with Crippen LogP contribution in [-0.4, -0.2) is 54.5 Å². The van der Waals surface area contributed by atoms with Gasteiger partial charge in [-0.05, 0) is 37.8 Å². The summed E-state index contributed by atoms with van der Waals surface area (Å²) in [7, 11) is 1.66. The second-order valence-electron chi connectivity index (χ2n) is 7.25. The van der Waals surface area contributed by atoms with Gasteiger partial charge in [-0.15, -0.1) is 0 Å². The van der Waals surface area contributed by atoms with Gasteiger partial charge in [-0.25, -0.2) is 0 Å². The highest BCUT2D eigenvalue weighted by Crippen LogP contribution is 2.47. The van der Waals surface area contributed by atoms with E-state index in [1.54, 1.807) is 19.4 Å². The predicted molar refractivity (Wildman–Crippen MR) is 94.2 cm³/mol. The van der Waals surface area contributed by atoms with Crippen molar-refractivity contribution in [3.63, 3.8) is 0 Å². The lowest BCUT2D eigenvalue weighted by Gasteiger charge is -2.46. The van der Waals surface area contributed by atoms with Crippen LogP contribution in [-0.2, 0) is 9.53 Å². The lowest BCUT2D eigenvalue weighted by Crippen LogP contribution is -2.56. The molecular weight excluding hydrogens is 318 g/mol. The monoisotopic (exact) mass is 345 g/mol. The summed E-state index contributed by atoms with van der Waals surface area (Å²) in [4.78, 5) is 31.0. The van der Waals surface area contributed by atoms with Crippen LogP contribution < -0.4 is 5.32 Å². The fraction of sp³-hybridized carbons (Fsp3) is 0.632. The largest absolute Gasteiger partial charge is 0.383 e. The van der Waals surface area contributed by atoms with Gasteiger partial charge >= 0.3 is 0 Å². The van der Waals surface area contributed by atoms with Gasteiger partial charge in [-0.3, -0.25) is 14.6 Å². The van der Waals surface area contributed by atoms with E-state index in [2.05, 4.69) is 10.3 Å². The highest BCUT2D eigenvalue weighted by Gasteiger charge is 2.50. The van der Waals surface area contributed by atoms with E-state index in [1.807, 2.05) is 17.9 Å². The molecule has 0 spiro atoms. The minimum atomic E-state index is -0.139. The molecule has 1 aromatic heterocycles. The third kappa shape index (κ3) is 3.68. The first-order chi connectivity index (χ1) is 12.1. The van der Waals surface area contributed by atoms with Crippen LogP contribution in [0.15, 0.2) is 18.3 Å². The second kappa shape index (κ2) is 7.52. The molecule has 3 rings (SSSR count). The van der Waals surface area contributed by atoms with E-state index in [-0.39, 0.29) is 23.3 Å². The number of aryl methyl sites for hydroxylation is 1. The zero-order valence-electron chi connectivity index (χ0n) is 15.1. The first-order valence-corrected chi connectivity index (χ1v) is 9.05. The molecule has 2 aliphatic rings. The number of methoxy groups -OCH3 is 1. The molecule has 1 aliphatic carbocycles. The highest BCUT2D eigenvalue weighted by molar-refractivity contribution is 5.92. The molecule has 0 unspecified atom stereocenters. The Hall–Kier alpha value is -1.95. The number of carbonyl (C=O) groups is 2. The maximum atomic E-state index is 12.4. The van der Waals surface area contributed by atoms with Gasteiger partial charge in [0.25, 0.3) is 5.91 Å². The summed E-state index contributed by atoms with van der Waals surface area (Å²) >= 11 is 0. The summed E-state index contributed by atoms with van der Waals surface area (Å²) in [6.45, 7) is 3.74. The van der Waals surface area contributed by atoms with Crippen molar-refractivity contribution in [2.24, 2.45) is 5.41 Å². The molecule has 0 bridgehead atoms. The zero-order chi connectivity index (χ0) is 17.9. The maximum absolute atomic E-state index is 12.4. The Morgan fingerprint density at radius 2 is 2.28 bits per heavy atom. The van der Waals surface area contributed by atoms with E-state index >= 15 is 0 Å². The van der Waals surface area contributed by atoms with Crippen LogP contribution in [0.25, 0.3) is 0 Å². The Morgan fingerprint density at radius 1 is 1.44 bits per heavy atom. The van der Waals surface area contributed by atoms with Gasteiger partial charge in [0.1, 0.15) is 5.69 Å². The average Bonchev–Trinajstić information content (AvgIpc) is 3.04. The number of hydrogen-bond acceptors (Lipinski definition) is 4. The lowest BCUT2D eigenvalue weighted by molar-refractivity contribution is -0.142. The van der Waals surface area contributed by atoms with Crippen LogP contribution in [0.5, 0.6) is 0 Å². The Kier molecular flexibility index (Phi) is 5.37. The molecule has 1 N–H and O–H groups in total. The van der Waals surface area contributed by atoms with Gasteiger partial charge in [0.2, 0.25) is 5.91 Å². The van der Waals surface area contributed by atoms with Crippen molar-refractivity contribution >= 4 is 11.8 Å². The molecule has 0 aromatic carbocycles. The van der Waals surface area contributed by atoms with Crippen LogP contribution in [0.1, 0.15) is 48.2 Å². The third-order valence-electron chi connectivity index (χ3n) is 5.67. The van der Waals surface area contributed by atoms with Crippen molar-refractivity contribution in [2.75, 3.05) is 26.8 Å². The smallest absolute Gasteiger partial charge is 0.269 e. The third-order valence-corrected chi connectivity index (χ3v) is 5.67. The summed E-state index contributed by atoms with van der Waals surface area (Å²) in [6, 6.07) is 3.85. The Balaban J connectivity index is 1.68. The molecule has 0 radical (unpaired) electrons. The number of pyridine rings is 1. The molecular formula is C19H27N3O3. The quantitative estimate of drug-likeness (QED) is 0.855. The van der Waals surface area contributed by atoms with Gasteiger partial charge in [0.05, 0.1) is 6.61 Å². The number of piperidine rings is 1. The Bertz CT molecular complexity index is 631. The molecule has 1 saturated heterocycles. The molecule has 2 fully saturated rings. The van der Waals surface area contributed by atoms with Crippen LogP contribution in [0, 0.1) is 12.3 Å². The van der Waals surface area contributed by atoms with Crippen LogP contribution in [0.2, 0.25) is 0 Å². The van der Waals surface area contributed by atoms with Gasteiger partial charge < -0.3 is 15.0 Å². The van der Waals surface area contributed by atoms with E-state index in [0.29, 0.717) is 31.8 Å². The number of fused-ring (bicyclic) bond motifs is 1. The number of amides is 2. The number of carbonyl (C=O) groups excluding carboxylic acids is 2. The van der Waals surface area contributed by atoms with Crippen molar-refractivity contribution in [2.45, 2.75) is 45.1 Å². The van der Waals surface area contributed by atoms with Crippen LogP contribution in [0.4, 0.5) is 0 Å². The lowest BCUT2D eigenvalue weighted by atomic mass is 9.74. The Labute approximate surface area is 148 Å². The molecule has 6 heteroatoms. The molecule has 2 heterocycles.